The van der Waals surface area contributed by atoms with Gasteiger partial charge in [0.1, 0.15) is 0 Å². The Balaban J connectivity index is 1.81. The summed E-state index contributed by atoms with van der Waals surface area (Å²) in [6.07, 6.45) is -0.584. The van der Waals surface area contributed by atoms with Crippen LogP contribution in [0.5, 0.6) is 0 Å². The largest absolute Gasteiger partial charge is 0.409 e. The zero-order valence-corrected chi connectivity index (χ0v) is 16.4. The van der Waals surface area contributed by atoms with Crippen LogP contribution in [0, 0.1) is 5.41 Å². The van der Waals surface area contributed by atoms with Crippen LogP contribution in [0.2, 0.25) is 0 Å². The first-order valence-corrected chi connectivity index (χ1v) is 8.94. The first-order valence-electron chi connectivity index (χ1n) is 8.94. The van der Waals surface area contributed by atoms with Gasteiger partial charge in [-0.05, 0) is 38.1 Å². The summed E-state index contributed by atoms with van der Waals surface area (Å²) in [5, 5.41) is 7.66. The third-order valence-corrected chi connectivity index (χ3v) is 4.03. The molecule has 0 heterocycles. The van der Waals surface area contributed by atoms with Gasteiger partial charge in [0.05, 0.1) is 17.5 Å². The van der Waals surface area contributed by atoms with Gasteiger partial charge in [-0.25, -0.2) is 9.59 Å². The zero-order chi connectivity index (χ0) is 22.3. The Hall–Kier alpha value is -3.94. The zero-order valence-electron chi connectivity index (χ0n) is 16.4. The van der Waals surface area contributed by atoms with Gasteiger partial charge in [0, 0.05) is 17.5 Å². The lowest BCUT2D eigenvalue weighted by molar-refractivity contribution is -0.137. The summed E-state index contributed by atoms with van der Waals surface area (Å²) in [7, 11) is 0. The topological polar surface area (TPSA) is 128 Å². The Morgan fingerprint density at radius 2 is 1.00 bits per heavy atom. The molecule has 30 heavy (non-hydrogen) atoms. The molecular weight excluding hydrogens is 390 g/mol. The maximum atomic E-state index is 12.0. The summed E-state index contributed by atoms with van der Waals surface area (Å²) in [4.78, 5) is 58.2. The Kier molecular flexibility index (Phi) is 7.46. The fourth-order valence-electron chi connectivity index (χ4n) is 2.33. The van der Waals surface area contributed by atoms with E-state index in [0.29, 0.717) is 11.1 Å². The Morgan fingerprint density at radius 3 is 1.40 bits per heavy atom. The average Bonchev–Trinajstić information content (AvgIpc) is 2.72. The van der Waals surface area contributed by atoms with Gasteiger partial charge in [0.25, 0.3) is 0 Å². The molecule has 0 fully saturated rings. The minimum atomic E-state index is -0.887. The number of ether oxygens (including phenoxy) is 2. The average molecular weight is 409 g/mol. The van der Waals surface area contributed by atoms with Gasteiger partial charge in [0.15, 0.2) is 17.5 Å². The number of benzene rings is 2. The fourth-order valence-corrected chi connectivity index (χ4v) is 2.33. The second kappa shape index (κ2) is 10.0. The van der Waals surface area contributed by atoms with E-state index in [0.717, 1.165) is 0 Å². The van der Waals surface area contributed by atoms with Crippen molar-refractivity contribution in [2.24, 2.45) is 0 Å². The molecular formula is C22H19NO7. The van der Waals surface area contributed by atoms with Crippen LogP contribution in [-0.2, 0) is 14.3 Å². The number of esters is 3. The van der Waals surface area contributed by atoms with Crippen molar-refractivity contribution in [1.29, 1.82) is 5.41 Å². The number of carbonyl (C=O) groups is 5. The van der Waals surface area contributed by atoms with Gasteiger partial charge >= 0.3 is 17.9 Å². The molecule has 0 bridgehead atoms. The van der Waals surface area contributed by atoms with Crippen molar-refractivity contribution in [1.82, 2.24) is 0 Å². The van der Waals surface area contributed by atoms with Crippen LogP contribution in [0.25, 0.3) is 0 Å². The predicted octanol–water partition coefficient (Wildman–Crippen LogP) is 3.39. The number of nitrogens with one attached hydrogen (secondary N) is 1. The normalized spacial score (nSPS) is 10.1. The fraction of sp³-hybridized carbons (Fsp3) is 0.182. The van der Waals surface area contributed by atoms with Crippen LogP contribution in [0.4, 0.5) is 0 Å². The molecule has 0 radical (unpaired) electrons. The standard InChI is InChI=1S/C22H19NO7/c1-13(24)15-3-7-17(8-4-15)21(27)29-19(23)11-12-20(26)30-22(28)18-9-5-16(6-10-18)14(2)25/h3-10,23H,11-12H2,1-2H3. The van der Waals surface area contributed by atoms with Crippen molar-refractivity contribution in [3.05, 3.63) is 70.8 Å². The highest BCUT2D eigenvalue weighted by Crippen LogP contribution is 2.10. The van der Waals surface area contributed by atoms with Crippen molar-refractivity contribution in [2.75, 3.05) is 0 Å². The lowest BCUT2D eigenvalue weighted by Crippen LogP contribution is -2.16. The predicted molar refractivity (Wildman–Crippen MR) is 106 cm³/mol. The number of rotatable bonds is 7. The lowest BCUT2D eigenvalue weighted by atomic mass is 10.1. The van der Waals surface area contributed by atoms with Gasteiger partial charge in [-0.15, -0.1) is 0 Å². The molecule has 8 heteroatoms. The molecule has 1 N–H and O–H groups in total. The maximum Gasteiger partial charge on any atom is 0.345 e. The molecule has 0 saturated carbocycles. The number of hydrogen-bond donors (Lipinski definition) is 1. The van der Waals surface area contributed by atoms with E-state index in [1.54, 1.807) is 0 Å². The molecule has 0 aliphatic heterocycles. The molecule has 0 amide bonds. The van der Waals surface area contributed by atoms with Crippen molar-refractivity contribution >= 4 is 35.4 Å². The highest BCUT2D eigenvalue weighted by Gasteiger charge is 2.16. The first kappa shape index (κ1) is 22.4. The van der Waals surface area contributed by atoms with E-state index in [1.807, 2.05) is 0 Å². The molecule has 0 saturated heterocycles. The van der Waals surface area contributed by atoms with Gasteiger partial charge in [0.2, 0.25) is 0 Å². The molecule has 0 aliphatic rings. The van der Waals surface area contributed by atoms with E-state index in [-0.39, 0.29) is 35.5 Å². The SMILES string of the molecule is CC(=O)c1ccc(C(=O)OC(=N)CCC(=O)OC(=O)c2ccc(C(C)=O)cc2)cc1. The van der Waals surface area contributed by atoms with Crippen LogP contribution in [-0.4, -0.2) is 35.4 Å². The van der Waals surface area contributed by atoms with Gasteiger partial charge in [-0.2, -0.15) is 0 Å². The molecule has 8 nitrogen and oxygen atoms in total. The number of ketones is 2. The summed E-state index contributed by atoms with van der Waals surface area (Å²) in [6.45, 7) is 2.79. The van der Waals surface area contributed by atoms with Crippen LogP contribution in [0.1, 0.15) is 68.1 Å². The van der Waals surface area contributed by atoms with Gasteiger partial charge in [-0.1, -0.05) is 24.3 Å². The first-order chi connectivity index (χ1) is 14.2. The minimum absolute atomic E-state index is 0.101. The Labute approximate surface area is 172 Å². The molecule has 0 aliphatic carbocycles. The van der Waals surface area contributed by atoms with Crippen LogP contribution < -0.4 is 0 Å². The quantitative estimate of drug-likeness (QED) is 0.244. The summed E-state index contributed by atoms with van der Waals surface area (Å²) < 4.78 is 9.53. The van der Waals surface area contributed by atoms with Crippen molar-refractivity contribution in [3.63, 3.8) is 0 Å². The van der Waals surface area contributed by atoms with Gasteiger partial charge < -0.3 is 9.47 Å². The van der Waals surface area contributed by atoms with Crippen molar-refractivity contribution in [3.8, 4) is 0 Å². The van der Waals surface area contributed by atoms with Gasteiger partial charge in [-0.3, -0.25) is 19.8 Å². The monoisotopic (exact) mass is 409 g/mol. The van der Waals surface area contributed by atoms with Crippen LogP contribution in [0.3, 0.4) is 0 Å². The Bertz CT molecular complexity index is 921. The van der Waals surface area contributed by atoms with Crippen LogP contribution in [0.15, 0.2) is 48.5 Å². The molecule has 0 aromatic heterocycles. The van der Waals surface area contributed by atoms with Crippen molar-refractivity contribution in [2.45, 2.75) is 26.7 Å². The highest BCUT2D eigenvalue weighted by atomic mass is 16.6. The molecule has 154 valence electrons. The third-order valence-electron chi connectivity index (χ3n) is 4.03. The maximum absolute atomic E-state index is 12.0. The van der Waals surface area contributed by atoms with E-state index in [1.165, 1.54) is 62.4 Å². The lowest BCUT2D eigenvalue weighted by Gasteiger charge is -2.06. The number of hydrogen-bond acceptors (Lipinski definition) is 8. The summed E-state index contributed by atoms with van der Waals surface area (Å²) in [5.74, 6) is -3.35. The summed E-state index contributed by atoms with van der Waals surface area (Å²) >= 11 is 0. The van der Waals surface area contributed by atoms with E-state index in [2.05, 4.69) is 4.74 Å². The minimum Gasteiger partial charge on any atom is -0.409 e. The molecule has 0 unspecified atom stereocenters. The number of Topliss-reactive ketones (excluding diaryl/α,β-unsaturated/α-hetero) is 2. The summed E-state index contributed by atoms with van der Waals surface area (Å²) in [5.41, 5.74) is 1.11. The molecule has 0 spiro atoms. The molecule has 0 atom stereocenters. The number of carbonyl (C=O) groups excluding carboxylic acids is 5. The van der Waals surface area contributed by atoms with Crippen LogP contribution >= 0.6 is 0 Å². The van der Waals surface area contributed by atoms with Crippen molar-refractivity contribution < 1.29 is 33.4 Å². The van der Waals surface area contributed by atoms with E-state index < -0.39 is 23.8 Å². The second-order valence-electron chi connectivity index (χ2n) is 6.34. The molecule has 2 rings (SSSR count). The third kappa shape index (κ3) is 6.30. The van der Waals surface area contributed by atoms with E-state index >= 15 is 0 Å². The summed E-state index contributed by atoms with van der Waals surface area (Å²) in [6, 6.07) is 11.4. The second-order valence-corrected chi connectivity index (χ2v) is 6.34. The van der Waals surface area contributed by atoms with E-state index in [4.69, 9.17) is 10.1 Å². The Morgan fingerprint density at radius 1 is 0.633 bits per heavy atom. The van der Waals surface area contributed by atoms with E-state index in [9.17, 15) is 24.0 Å². The molecule has 2 aromatic carbocycles. The highest BCUT2D eigenvalue weighted by molar-refractivity contribution is 6.01. The smallest absolute Gasteiger partial charge is 0.345 e. The molecule has 2 aromatic rings.